The lowest BCUT2D eigenvalue weighted by Gasteiger charge is -2.27. The van der Waals surface area contributed by atoms with Crippen LogP contribution in [0.1, 0.15) is 24.0 Å². The van der Waals surface area contributed by atoms with Crippen LogP contribution in [-0.4, -0.2) is 86.6 Å². The minimum absolute atomic E-state index is 0.0953. The molecule has 1 atom stereocenters. The highest BCUT2D eigenvalue weighted by atomic mass is 16.5. The highest BCUT2D eigenvalue weighted by Gasteiger charge is 2.43. The first kappa shape index (κ1) is 25.9. The molecule has 0 aliphatic carbocycles. The molecule has 0 spiro atoms. The van der Waals surface area contributed by atoms with Gasteiger partial charge in [-0.15, -0.1) is 0 Å². The number of nitrogens with one attached hydrogen (secondary N) is 1. The van der Waals surface area contributed by atoms with Gasteiger partial charge < -0.3 is 24.6 Å². The van der Waals surface area contributed by atoms with E-state index in [1.165, 1.54) is 0 Å². The Labute approximate surface area is 212 Å². The number of aliphatic hydroxyl groups excluding tert-OH is 1. The summed E-state index contributed by atoms with van der Waals surface area (Å²) >= 11 is 0. The van der Waals surface area contributed by atoms with E-state index in [2.05, 4.69) is 10.2 Å². The van der Waals surface area contributed by atoms with Crippen molar-refractivity contribution in [3.63, 3.8) is 0 Å². The van der Waals surface area contributed by atoms with Gasteiger partial charge in [0, 0.05) is 51.2 Å². The van der Waals surface area contributed by atoms with Gasteiger partial charge in [-0.1, -0.05) is 42.5 Å². The topological polar surface area (TPSA) is 92.6 Å². The van der Waals surface area contributed by atoms with Crippen LogP contribution in [0.15, 0.2) is 65.7 Å². The summed E-state index contributed by atoms with van der Waals surface area (Å²) in [5.41, 5.74) is 0.835. The van der Waals surface area contributed by atoms with Crippen LogP contribution in [0.5, 0.6) is 5.75 Å². The Bertz CT molecular complexity index is 1020. The van der Waals surface area contributed by atoms with Crippen LogP contribution in [0.25, 0.3) is 6.08 Å². The predicted octanol–water partition coefficient (Wildman–Crippen LogP) is 2.52. The van der Waals surface area contributed by atoms with Crippen molar-refractivity contribution in [3.05, 3.63) is 71.8 Å². The zero-order valence-corrected chi connectivity index (χ0v) is 20.6. The maximum absolute atomic E-state index is 13.4. The van der Waals surface area contributed by atoms with E-state index in [0.717, 1.165) is 44.0 Å². The van der Waals surface area contributed by atoms with Gasteiger partial charge in [-0.25, -0.2) is 4.99 Å². The molecule has 0 unspecified atom stereocenters. The van der Waals surface area contributed by atoms with Crippen LogP contribution >= 0.6 is 0 Å². The lowest BCUT2D eigenvalue weighted by molar-refractivity contribution is -0.126. The lowest BCUT2D eigenvalue weighted by atomic mass is 9.95. The molecule has 4 rings (SSSR count). The summed E-state index contributed by atoms with van der Waals surface area (Å²) in [6.07, 6.45) is 5.01. The van der Waals surface area contributed by atoms with E-state index < -0.39 is 5.54 Å². The second-order valence-electron chi connectivity index (χ2n) is 8.91. The van der Waals surface area contributed by atoms with Crippen molar-refractivity contribution in [1.29, 1.82) is 0 Å². The Morgan fingerprint density at radius 3 is 2.67 bits per heavy atom. The highest BCUT2D eigenvalue weighted by Crippen LogP contribution is 2.28. The number of rotatable bonds is 12. The number of carbonyl (C=O) groups excluding carboxylic acids is 1. The monoisotopic (exact) mass is 493 g/mol. The molecule has 36 heavy (non-hydrogen) atoms. The van der Waals surface area contributed by atoms with Gasteiger partial charge in [-0.3, -0.25) is 9.69 Å². The minimum atomic E-state index is -1.03. The Balaban J connectivity index is 1.45. The number of hydrogen-bond acceptors (Lipinski definition) is 7. The molecule has 2 heterocycles. The number of ether oxygens (including phenoxy) is 3. The fraction of sp³-hybridized carbons (Fsp3) is 0.429. The van der Waals surface area contributed by atoms with Gasteiger partial charge in [0.1, 0.15) is 12.4 Å². The number of carbonyl (C=O) groups is 1. The largest absolute Gasteiger partial charge is 0.494 e. The Kier molecular flexibility index (Phi) is 9.49. The molecule has 1 saturated heterocycles. The molecule has 0 radical (unpaired) electrons. The number of aliphatic imine (C=N–C) groups is 1. The summed E-state index contributed by atoms with van der Waals surface area (Å²) < 4.78 is 17.0. The molecule has 1 amide bonds. The molecule has 0 saturated carbocycles. The molecule has 1 fully saturated rings. The van der Waals surface area contributed by atoms with Crippen LogP contribution in [0.2, 0.25) is 0 Å². The van der Waals surface area contributed by atoms with Gasteiger partial charge >= 0.3 is 0 Å². The van der Waals surface area contributed by atoms with Gasteiger partial charge in [0.25, 0.3) is 5.91 Å². The van der Waals surface area contributed by atoms with Crippen LogP contribution in [0.3, 0.4) is 0 Å². The number of aliphatic hydroxyl groups is 1. The number of nitrogens with zero attached hydrogens (tertiary/aromatic N) is 2. The molecule has 0 bridgehead atoms. The molecule has 2 aliphatic rings. The standard InChI is InChI=1S/C28H35N3O5/c32-18-5-19-35-25-11-9-24(10-12-25)26-30-28(22-36-26,13-4-8-23-6-2-1-3-7-23)27(33)29-14-15-31-16-20-34-21-17-31/h1-4,6-12,32H,5,13-22H2,(H,29,33)/b8-4+/t28-/m1/s1. The summed E-state index contributed by atoms with van der Waals surface area (Å²) in [5, 5.41) is 12.0. The molecule has 2 N–H and O–H groups in total. The number of hydrogen-bond donors (Lipinski definition) is 2. The highest BCUT2D eigenvalue weighted by molar-refractivity contribution is 6.00. The smallest absolute Gasteiger partial charge is 0.252 e. The number of benzene rings is 2. The summed E-state index contributed by atoms with van der Waals surface area (Å²) in [6, 6.07) is 17.4. The SMILES string of the molecule is O=C(NCCN1CCOCC1)[C@@]1(C/C=C/c2ccccc2)COC(c2ccc(OCCCO)cc2)=N1. The van der Waals surface area contributed by atoms with Crippen molar-refractivity contribution in [2.45, 2.75) is 18.4 Å². The van der Waals surface area contributed by atoms with Gasteiger partial charge in [-0.05, 0) is 29.8 Å². The van der Waals surface area contributed by atoms with Gasteiger partial charge in [0.2, 0.25) is 5.90 Å². The van der Waals surface area contributed by atoms with Crippen LogP contribution in [-0.2, 0) is 14.3 Å². The third kappa shape index (κ3) is 7.16. The second-order valence-corrected chi connectivity index (χ2v) is 8.91. The molecule has 2 aliphatic heterocycles. The second kappa shape index (κ2) is 13.2. The molecular formula is C28H35N3O5. The van der Waals surface area contributed by atoms with Crippen molar-refractivity contribution in [3.8, 4) is 5.75 Å². The van der Waals surface area contributed by atoms with Gasteiger partial charge in [0.05, 0.1) is 19.8 Å². The molecular weight excluding hydrogens is 458 g/mol. The zero-order valence-electron chi connectivity index (χ0n) is 20.6. The third-order valence-electron chi connectivity index (χ3n) is 6.24. The number of amides is 1. The summed E-state index contributed by atoms with van der Waals surface area (Å²) in [7, 11) is 0. The fourth-order valence-corrected chi connectivity index (χ4v) is 4.13. The van der Waals surface area contributed by atoms with E-state index in [-0.39, 0.29) is 19.1 Å². The molecule has 8 heteroatoms. The maximum atomic E-state index is 13.4. The zero-order chi connectivity index (χ0) is 25.1. The normalized spacial score (nSPS) is 20.2. The van der Waals surface area contributed by atoms with E-state index in [9.17, 15) is 4.79 Å². The minimum Gasteiger partial charge on any atom is -0.494 e. The Morgan fingerprint density at radius 1 is 1.14 bits per heavy atom. The van der Waals surface area contributed by atoms with Crippen LogP contribution < -0.4 is 10.1 Å². The molecule has 0 aromatic heterocycles. The van der Waals surface area contributed by atoms with Gasteiger partial charge in [-0.2, -0.15) is 0 Å². The molecule has 2 aromatic rings. The maximum Gasteiger partial charge on any atom is 0.252 e. The van der Waals surface area contributed by atoms with Crippen LogP contribution in [0, 0.1) is 0 Å². The summed E-state index contributed by atoms with van der Waals surface area (Å²) in [5.74, 6) is 1.03. The third-order valence-corrected chi connectivity index (χ3v) is 6.24. The van der Waals surface area contributed by atoms with Crippen molar-refractivity contribution in [2.75, 3.05) is 59.2 Å². The van der Waals surface area contributed by atoms with Crippen molar-refractivity contribution in [2.24, 2.45) is 4.99 Å². The summed E-state index contributed by atoms with van der Waals surface area (Å²) in [6.45, 7) is 5.28. The Hall–Kier alpha value is -3.20. The average Bonchev–Trinajstić information content (AvgIpc) is 3.36. The summed E-state index contributed by atoms with van der Waals surface area (Å²) in [4.78, 5) is 20.5. The fourth-order valence-electron chi connectivity index (χ4n) is 4.13. The first-order valence-corrected chi connectivity index (χ1v) is 12.6. The Morgan fingerprint density at radius 2 is 1.92 bits per heavy atom. The first-order chi connectivity index (χ1) is 17.7. The molecule has 2 aromatic carbocycles. The predicted molar refractivity (Wildman–Crippen MR) is 139 cm³/mol. The van der Waals surface area contributed by atoms with Crippen molar-refractivity contribution in [1.82, 2.24) is 10.2 Å². The van der Waals surface area contributed by atoms with Crippen molar-refractivity contribution >= 4 is 17.9 Å². The number of morpholine rings is 1. The molecule has 8 nitrogen and oxygen atoms in total. The van der Waals surface area contributed by atoms with Crippen LogP contribution in [0.4, 0.5) is 0 Å². The average molecular weight is 494 g/mol. The first-order valence-electron chi connectivity index (χ1n) is 12.6. The molecule has 192 valence electrons. The lowest BCUT2D eigenvalue weighted by Crippen LogP contribution is -2.49. The van der Waals surface area contributed by atoms with E-state index in [0.29, 0.717) is 37.6 Å². The van der Waals surface area contributed by atoms with Gasteiger partial charge in [0.15, 0.2) is 5.54 Å². The quantitative estimate of drug-likeness (QED) is 0.442. The van der Waals surface area contributed by atoms with E-state index in [1.807, 2.05) is 66.7 Å². The van der Waals surface area contributed by atoms with E-state index in [1.54, 1.807) is 0 Å². The van der Waals surface area contributed by atoms with Crippen molar-refractivity contribution < 1.29 is 24.1 Å². The van der Waals surface area contributed by atoms with E-state index in [4.69, 9.17) is 24.3 Å². The van der Waals surface area contributed by atoms with E-state index >= 15 is 0 Å².